The molecule has 5 heteroatoms. The lowest BCUT2D eigenvalue weighted by Gasteiger charge is -2.17. The number of rotatable bonds is 10. The summed E-state index contributed by atoms with van der Waals surface area (Å²) in [6.45, 7) is 9.20. The molecule has 0 aliphatic carbocycles. The van der Waals surface area contributed by atoms with Crippen LogP contribution < -0.4 is 15.4 Å². The van der Waals surface area contributed by atoms with Crippen molar-refractivity contribution in [1.82, 2.24) is 10.3 Å². The minimum atomic E-state index is -0.158. The molecule has 3 aromatic carbocycles. The number of aromatic nitrogens is 1. The van der Waals surface area contributed by atoms with Gasteiger partial charge in [-0.2, -0.15) is 0 Å². The van der Waals surface area contributed by atoms with Gasteiger partial charge in [-0.15, -0.1) is 0 Å². The molecule has 0 fully saturated rings. The fraction of sp³-hybridized carbons (Fsp3) is 0.290. The van der Waals surface area contributed by atoms with E-state index in [4.69, 9.17) is 9.72 Å². The minimum Gasteiger partial charge on any atom is -0.494 e. The second-order valence-corrected chi connectivity index (χ2v) is 9.44. The minimum absolute atomic E-state index is 0.137. The van der Waals surface area contributed by atoms with Crippen molar-refractivity contribution in [3.63, 3.8) is 0 Å². The smallest absolute Gasteiger partial charge is 0.252 e. The number of carbonyl (C=O) groups is 1. The topological polar surface area (TPSA) is 63.2 Å². The van der Waals surface area contributed by atoms with E-state index in [0.29, 0.717) is 17.3 Å². The number of nitrogens with one attached hydrogen (secondary N) is 2. The number of unbranched alkanes of at least 4 members (excludes halogenated alkanes) is 1. The first-order valence-electron chi connectivity index (χ1n) is 12.7. The number of nitrogens with zero attached hydrogens (tertiary/aromatic N) is 1. The molecule has 0 aliphatic rings. The van der Waals surface area contributed by atoms with E-state index in [1.54, 1.807) is 0 Å². The summed E-state index contributed by atoms with van der Waals surface area (Å²) in [4.78, 5) is 18.2. The van der Waals surface area contributed by atoms with E-state index >= 15 is 0 Å². The lowest BCUT2D eigenvalue weighted by Crippen LogP contribution is -2.27. The first-order valence-corrected chi connectivity index (χ1v) is 12.7. The molecule has 0 saturated carbocycles. The van der Waals surface area contributed by atoms with Gasteiger partial charge in [-0.25, -0.2) is 4.98 Å². The number of fused-ring (bicyclic) bond motifs is 1. The first-order chi connectivity index (χ1) is 17.4. The van der Waals surface area contributed by atoms with Crippen LogP contribution in [0.4, 0.5) is 11.5 Å². The lowest BCUT2D eigenvalue weighted by molar-refractivity contribution is 0.0941. The summed E-state index contributed by atoms with van der Waals surface area (Å²) in [6.07, 6.45) is 2.14. The summed E-state index contributed by atoms with van der Waals surface area (Å²) < 4.78 is 5.76. The van der Waals surface area contributed by atoms with Gasteiger partial charge in [-0.1, -0.05) is 69.7 Å². The predicted molar refractivity (Wildman–Crippen MR) is 148 cm³/mol. The highest BCUT2D eigenvalue weighted by Gasteiger charge is 2.16. The second-order valence-electron chi connectivity index (χ2n) is 9.44. The van der Waals surface area contributed by atoms with Gasteiger partial charge in [-0.3, -0.25) is 4.79 Å². The van der Waals surface area contributed by atoms with E-state index in [1.165, 1.54) is 5.56 Å². The average Bonchev–Trinajstić information content (AvgIpc) is 2.89. The standard InChI is InChI=1S/C31H35N3O2/c1-5-6-19-36-26-17-13-24(14-18-26)22(4)32-31(35)28-20-30(34-29-10-8-7-9-27(28)29)33-25-15-11-23(12-16-25)21(2)3/h7-18,20-22H,5-6,19H2,1-4H3,(H,32,35)(H,33,34)/t22-/m1/s1. The number of para-hydroxylation sites is 1. The van der Waals surface area contributed by atoms with Crippen LogP contribution >= 0.6 is 0 Å². The third-order valence-electron chi connectivity index (χ3n) is 6.30. The molecule has 1 atom stereocenters. The largest absolute Gasteiger partial charge is 0.494 e. The maximum absolute atomic E-state index is 13.4. The van der Waals surface area contributed by atoms with Crippen LogP contribution in [0.5, 0.6) is 5.75 Å². The van der Waals surface area contributed by atoms with Crippen LogP contribution in [0.15, 0.2) is 78.9 Å². The van der Waals surface area contributed by atoms with Crippen LogP contribution in [0, 0.1) is 0 Å². The van der Waals surface area contributed by atoms with Gasteiger partial charge in [0.15, 0.2) is 0 Å². The fourth-order valence-electron chi connectivity index (χ4n) is 4.07. The summed E-state index contributed by atoms with van der Waals surface area (Å²) in [6, 6.07) is 25.6. The summed E-state index contributed by atoms with van der Waals surface area (Å²) in [5.74, 6) is 1.82. The van der Waals surface area contributed by atoms with Crippen molar-refractivity contribution in [2.75, 3.05) is 11.9 Å². The zero-order chi connectivity index (χ0) is 25.5. The molecule has 0 aliphatic heterocycles. The lowest BCUT2D eigenvalue weighted by atomic mass is 10.0. The van der Waals surface area contributed by atoms with E-state index in [1.807, 2.05) is 73.7 Å². The molecule has 1 aromatic heterocycles. The van der Waals surface area contributed by atoms with Gasteiger partial charge >= 0.3 is 0 Å². The summed E-state index contributed by atoms with van der Waals surface area (Å²) in [7, 11) is 0. The van der Waals surface area contributed by atoms with Crippen LogP contribution in [0.25, 0.3) is 10.9 Å². The Bertz CT molecular complexity index is 1300. The maximum atomic E-state index is 13.4. The Labute approximate surface area is 213 Å². The molecule has 5 nitrogen and oxygen atoms in total. The monoisotopic (exact) mass is 481 g/mol. The van der Waals surface area contributed by atoms with Gasteiger partial charge in [0.1, 0.15) is 11.6 Å². The predicted octanol–water partition coefficient (Wildman–Crippen LogP) is 7.77. The van der Waals surface area contributed by atoms with Gasteiger partial charge in [0.2, 0.25) is 0 Å². The molecule has 4 aromatic rings. The van der Waals surface area contributed by atoms with E-state index in [0.717, 1.165) is 47.4 Å². The van der Waals surface area contributed by atoms with Crippen LogP contribution in [0.1, 0.15) is 74.0 Å². The van der Waals surface area contributed by atoms with Crippen molar-refractivity contribution in [2.45, 2.75) is 52.5 Å². The van der Waals surface area contributed by atoms with Gasteiger partial charge in [0.05, 0.1) is 23.7 Å². The van der Waals surface area contributed by atoms with Gasteiger partial charge in [-0.05, 0) is 66.8 Å². The molecule has 0 saturated heterocycles. The summed E-state index contributed by atoms with van der Waals surface area (Å²) in [5.41, 5.74) is 4.60. The molecule has 1 heterocycles. The summed E-state index contributed by atoms with van der Waals surface area (Å²) in [5, 5.41) is 7.34. The number of anilines is 2. The van der Waals surface area contributed by atoms with Crippen molar-refractivity contribution in [3.05, 3.63) is 95.6 Å². The van der Waals surface area contributed by atoms with E-state index in [-0.39, 0.29) is 11.9 Å². The van der Waals surface area contributed by atoms with Crippen LogP contribution in [0.3, 0.4) is 0 Å². The van der Waals surface area contributed by atoms with Crippen molar-refractivity contribution in [1.29, 1.82) is 0 Å². The molecule has 0 radical (unpaired) electrons. The van der Waals surface area contributed by atoms with Crippen LogP contribution in [0.2, 0.25) is 0 Å². The molecule has 0 unspecified atom stereocenters. The van der Waals surface area contributed by atoms with Gasteiger partial charge < -0.3 is 15.4 Å². The highest BCUT2D eigenvalue weighted by Crippen LogP contribution is 2.26. The third-order valence-corrected chi connectivity index (χ3v) is 6.30. The van der Waals surface area contributed by atoms with Crippen LogP contribution in [-0.2, 0) is 0 Å². The number of hydrogen-bond donors (Lipinski definition) is 2. The molecule has 36 heavy (non-hydrogen) atoms. The number of benzene rings is 3. The fourth-order valence-corrected chi connectivity index (χ4v) is 4.07. The average molecular weight is 482 g/mol. The van der Waals surface area contributed by atoms with Crippen molar-refractivity contribution >= 4 is 28.3 Å². The Kier molecular flexibility index (Phi) is 8.21. The van der Waals surface area contributed by atoms with Crippen LogP contribution in [-0.4, -0.2) is 17.5 Å². The number of ether oxygens (including phenoxy) is 1. The number of pyridine rings is 1. The molecule has 186 valence electrons. The Balaban J connectivity index is 1.53. The Morgan fingerprint density at radius 2 is 1.61 bits per heavy atom. The van der Waals surface area contributed by atoms with Gasteiger partial charge in [0, 0.05) is 11.1 Å². The Morgan fingerprint density at radius 1 is 0.917 bits per heavy atom. The van der Waals surface area contributed by atoms with Crippen molar-refractivity contribution in [3.8, 4) is 5.75 Å². The molecular weight excluding hydrogens is 446 g/mol. The quantitative estimate of drug-likeness (QED) is 0.227. The Morgan fingerprint density at radius 3 is 2.31 bits per heavy atom. The zero-order valence-corrected chi connectivity index (χ0v) is 21.5. The van der Waals surface area contributed by atoms with E-state index in [2.05, 4.69) is 43.5 Å². The number of amides is 1. The SMILES string of the molecule is CCCCOc1ccc([C@@H](C)NC(=O)c2cc(Nc3ccc(C(C)C)cc3)nc3ccccc23)cc1. The molecule has 2 N–H and O–H groups in total. The maximum Gasteiger partial charge on any atom is 0.252 e. The highest BCUT2D eigenvalue weighted by molar-refractivity contribution is 6.07. The van der Waals surface area contributed by atoms with Crippen molar-refractivity contribution < 1.29 is 9.53 Å². The zero-order valence-electron chi connectivity index (χ0n) is 21.5. The number of hydrogen-bond acceptors (Lipinski definition) is 4. The summed E-state index contributed by atoms with van der Waals surface area (Å²) >= 11 is 0. The van der Waals surface area contributed by atoms with Crippen molar-refractivity contribution in [2.24, 2.45) is 0 Å². The first kappa shape index (κ1) is 25.2. The van der Waals surface area contributed by atoms with Gasteiger partial charge in [0.25, 0.3) is 5.91 Å². The third kappa shape index (κ3) is 6.22. The van der Waals surface area contributed by atoms with E-state index in [9.17, 15) is 4.79 Å². The highest BCUT2D eigenvalue weighted by atomic mass is 16.5. The molecule has 1 amide bonds. The molecule has 0 bridgehead atoms. The molecule has 0 spiro atoms. The second kappa shape index (κ2) is 11.7. The number of carbonyl (C=O) groups excluding carboxylic acids is 1. The van der Waals surface area contributed by atoms with E-state index < -0.39 is 0 Å². The molecular formula is C31H35N3O2. The normalized spacial score (nSPS) is 11.9. The molecule has 4 rings (SSSR count). The Hall–Kier alpha value is -3.86.